The molecule has 0 saturated carbocycles. The number of aromatic nitrogens is 3. The highest BCUT2D eigenvalue weighted by Gasteiger charge is 2.65. The lowest BCUT2D eigenvalue weighted by atomic mass is 10.3. The maximum absolute atomic E-state index is 12.8. The zero-order chi connectivity index (χ0) is 16.2. The summed E-state index contributed by atoms with van der Waals surface area (Å²) >= 11 is 0. The van der Waals surface area contributed by atoms with Gasteiger partial charge >= 0.3 is 10.2 Å². The Morgan fingerprint density at radius 2 is 1.67 bits per heavy atom. The summed E-state index contributed by atoms with van der Waals surface area (Å²) in [5, 5.41) is 8.31. The van der Waals surface area contributed by atoms with Crippen molar-refractivity contribution in [3.05, 3.63) is 30.5 Å². The summed E-state index contributed by atoms with van der Waals surface area (Å²) in [6.07, 6.45) is 1.48. The molecule has 0 fully saturated rings. The van der Waals surface area contributed by atoms with Crippen molar-refractivity contribution in [2.45, 2.75) is 24.5 Å². The van der Waals surface area contributed by atoms with Crippen LogP contribution in [0.4, 0.5) is 19.4 Å². The third kappa shape index (κ3) is 3.62. The van der Waals surface area contributed by atoms with Crippen LogP contribution in [-0.4, -0.2) is 23.1 Å². The Morgan fingerprint density at radius 3 is 2.14 bits per heavy atom. The molecule has 0 saturated heterocycles. The second-order valence-corrected chi connectivity index (χ2v) is 13.2. The van der Waals surface area contributed by atoms with E-state index in [1.165, 1.54) is 12.3 Å². The first-order chi connectivity index (χ1) is 9.16. The number of halogens is 5. The van der Waals surface area contributed by atoms with E-state index >= 15 is 0 Å². The topological polar surface area (TPSA) is 30.7 Å². The number of hydrogen-bond donors (Lipinski definition) is 0. The number of hydrogen-bond acceptors (Lipinski definition) is 2. The average Bonchev–Trinajstić information content (AvgIpc) is 2.75. The summed E-state index contributed by atoms with van der Waals surface area (Å²) in [4.78, 5) is -1.93. The molecule has 0 spiro atoms. The maximum atomic E-state index is 12.8. The fourth-order valence-electron chi connectivity index (χ4n) is 1.60. The Morgan fingerprint density at radius 1 is 1.05 bits per heavy atom. The Kier molecular flexibility index (Phi) is 2.93. The zero-order valence-corrected chi connectivity index (χ0v) is 13.3. The molecule has 10 heteroatoms. The van der Waals surface area contributed by atoms with Crippen molar-refractivity contribution in [2.24, 2.45) is 0 Å². The first-order valence-electron chi connectivity index (χ1n) is 5.94. The first-order valence-corrected chi connectivity index (χ1v) is 11.4. The van der Waals surface area contributed by atoms with Crippen LogP contribution in [0, 0.1) is 0 Å². The lowest BCUT2D eigenvalue weighted by Crippen LogP contribution is -2.38. The zero-order valence-electron chi connectivity index (χ0n) is 11.5. The second kappa shape index (κ2) is 3.86. The van der Waals surface area contributed by atoms with Crippen molar-refractivity contribution in [1.29, 1.82) is 0 Å². The molecule has 2 rings (SSSR count). The Labute approximate surface area is 119 Å². The van der Waals surface area contributed by atoms with Crippen molar-refractivity contribution in [3.63, 3.8) is 0 Å². The van der Waals surface area contributed by atoms with E-state index in [1.54, 1.807) is 0 Å². The first kappa shape index (κ1) is 16.0. The predicted molar refractivity (Wildman–Crippen MR) is 75.7 cm³/mol. The van der Waals surface area contributed by atoms with Gasteiger partial charge in [0.1, 0.15) is 13.0 Å². The van der Waals surface area contributed by atoms with Gasteiger partial charge in [-0.25, -0.2) is 4.68 Å². The quantitative estimate of drug-likeness (QED) is 0.608. The summed E-state index contributed by atoms with van der Waals surface area (Å²) in [6.45, 7) is 5.98. The molecular formula is C11H14F5N3SSi. The van der Waals surface area contributed by atoms with Crippen LogP contribution in [0.1, 0.15) is 0 Å². The van der Waals surface area contributed by atoms with Crippen molar-refractivity contribution in [1.82, 2.24) is 15.0 Å². The summed E-state index contributed by atoms with van der Waals surface area (Å²) in [5.41, 5.74) is -0.0993. The number of benzene rings is 1. The standard InChI is InChI=1S/C11H14F5N3SSi/c1-21(2,3)11-8-19(18-17-11)9-5-4-6-10(7-9)20(12,13,14,15)16/h4-8H,1-3H3. The monoisotopic (exact) mass is 343 g/mol. The van der Waals surface area contributed by atoms with Crippen LogP contribution < -0.4 is 5.32 Å². The molecule has 0 aliphatic heterocycles. The molecule has 1 aromatic heterocycles. The van der Waals surface area contributed by atoms with Crippen molar-refractivity contribution < 1.29 is 19.4 Å². The molecule has 0 N–H and O–H groups in total. The average molecular weight is 343 g/mol. The highest BCUT2D eigenvalue weighted by Crippen LogP contribution is 3.02. The summed E-state index contributed by atoms with van der Waals surface area (Å²) in [7, 11) is -11.5. The molecule has 0 radical (unpaired) electrons. The molecule has 0 amide bonds. The molecule has 2 aromatic rings. The van der Waals surface area contributed by atoms with Gasteiger partial charge in [-0.1, -0.05) is 50.3 Å². The predicted octanol–water partition coefficient (Wildman–Crippen LogP) is 4.47. The van der Waals surface area contributed by atoms with Crippen molar-refractivity contribution in [2.75, 3.05) is 0 Å². The van der Waals surface area contributed by atoms with E-state index in [2.05, 4.69) is 10.3 Å². The van der Waals surface area contributed by atoms with Gasteiger partial charge in [-0.05, 0) is 18.2 Å². The molecule has 1 aromatic carbocycles. The van der Waals surface area contributed by atoms with Crippen molar-refractivity contribution in [3.8, 4) is 5.69 Å². The van der Waals surface area contributed by atoms with Crippen LogP contribution >= 0.6 is 10.2 Å². The van der Waals surface area contributed by atoms with Gasteiger partial charge in [0.05, 0.1) is 11.0 Å². The van der Waals surface area contributed by atoms with Crippen LogP contribution in [0.3, 0.4) is 0 Å². The number of rotatable bonds is 3. The molecule has 0 aliphatic rings. The molecule has 0 atom stereocenters. The molecule has 3 nitrogen and oxygen atoms in total. The van der Waals surface area contributed by atoms with Gasteiger partial charge in [-0.2, -0.15) is 0 Å². The van der Waals surface area contributed by atoms with E-state index in [4.69, 9.17) is 0 Å². The SMILES string of the molecule is C[Si](C)(C)c1cn(-c2cccc(S(F)(F)(F)(F)F)c2)nn1. The van der Waals surface area contributed by atoms with E-state index in [0.717, 1.165) is 10.7 Å². The minimum atomic E-state index is -9.69. The minimum Gasteiger partial charge on any atom is -0.221 e. The van der Waals surface area contributed by atoms with Gasteiger partial charge < -0.3 is 0 Å². The van der Waals surface area contributed by atoms with Crippen LogP contribution in [0.25, 0.3) is 5.69 Å². The van der Waals surface area contributed by atoms with Gasteiger partial charge in [-0.15, -0.1) is 5.10 Å². The van der Waals surface area contributed by atoms with E-state index in [9.17, 15) is 19.4 Å². The van der Waals surface area contributed by atoms with E-state index in [-0.39, 0.29) is 5.69 Å². The van der Waals surface area contributed by atoms with Gasteiger partial charge in [0.2, 0.25) is 0 Å². The Hall–Kier alpha value is -1.42. The van der Waals surface area contributed by atoms with Gasteiger partial charge in [-0.3, -0.25) is 0 Å². The lowest BCUT2D eigenvalue weighted by molar-refractivity contribution is 0.364. The molecule has 1 heterocycles. The molecule has 118 valence electrons. The highest BCUT2D eigenvalue weighted by atomic mass is 32.5. The van der Waals surface area contributed by atoms with Crippen LogP contribution in [0.15, 0.2) is 35.4 Å². The largest absolute Gasteiger partial charge is 0.310 e. The summed E-state index contributed by atoms with van der Waals surface area (Å²) in [5.74, 6) is 0. The van der Waals surface area contributed by atoms with Crippen LogP contribution in [-0.2, 0) is 0 Å². The van der Waals surface area contributed by atoms with Gasteiger partial charge in [0, 0.05) is 6.20 Å². The molecule has 0 aliphatic carbocycles. The van der Waals surface area contributed by atoms with E-state index in [0.29, 0.717) is 17.4 Å². The fraction of sp³-hybridized carbons (Fsp3) is 0.273. The van der Waals surface area contributed by atoms with Crippen LogP contribution in [0.2, 0.25) is 19.6 Å². The lowest BCUT2D eigenvalue weighted by Gasteiger charge is -2.40. The number of nitrogens with zero attached hydrogens (tertiary/aromatic N) is 3. The molecular weight excluding hydrogens is 329 g/mol. The van der Waals surface area contributed by atoms with E-state index in [1.807, 2.05) is 19.6 Å². The summed E-state index contributed by atoms with van der Waals surface area (Å²) in [6, 6.07) is 2.96. The molecule has 0 bridgehead atoms. The Balaban J connectivity index is 2.51. The second-order valence-electron chi connectivity index (χ2n) is 5.76. The van der Waals surface area contributed by atoms with Gasteiger partial charge in [0.25, 0.3) is 0 Å². The van der Waals surface area contributed by atoms with Crippen LogP contribution in [0.5, 0.6) is 0 Å². The molecule has 0 unspecified atom stereocenters. The third-order valence-corrected chi connectivity index (χ3v) is 5.70. The Bertz CT molecular complexity index is 690. The summed E-state index contributed by atoms with van der Waals surface area (Å²) < 4.78 is 65.1. The highest BCUT2D eigenvalue weighted by molar-refractivity contribution is 8.45. The van der Waals surface area contributed by atoms with Crippen molar-refractivity contribution >= 4 is 23.6 Å². The smallest absolute Gasteiger partial charge is 0.221 e. The van der Waals surface area contributed by atoms with Gasteiger partial charge in [0.15, 0.2) is 0 Å². The van der Waals surface area contributed by atoms with E-state index < -0.39 is 23.2 Å². The maximum Gasteiger partial charge on any atom is 0.310 e. The fourth-order valence-corrected chi connectivity index (χ4v) is 3.13. The normalized spacial score (nSPS) is 16.4. The third-order valence-electron chi connectivity index (χ3n) is 2.79. The molecule has 21 heavy (non-hydrogen) atoms. The minimum absolute atomic E-state index is 0.0993.